The first kappa shape index (κ1) is 11.9. The summed E-state index contributed by atoms with van der Waals surface area (Å²) < 4.78 is 0. The standard InChI is InChI=1S/C13H18O2/c1-2-6-12(14)13(15)10-9-11-7-4-3-5-8-11/h3-5,7-8,12,14H,2,6,9-10H2,1H3. The highest BCUT2D eigenvalue weighted by atomic mass is 16.3. The van der Waals surface area contributed by atoms with Gasteiger partial charge in [0.15, 0.2) is 5.78 Å². The van der Waals surface area contributed by atoms with E-state index in [2.05, 4.69) is 0 Å². The van der Waals surface area contributed by atoms with E-state index in [1.165, 1.54) is 0 Å². The quantitative estimate of drug-likeness (QED) is 0.775. The summed E-state index contributed by atoms with van der Waals surface area (Å²) in [6.45, 7) is 1.97. The van der Waals surface area contributed by atoms with Gasteiger partial charge in [0.25, 0.3) is 0 Å². The van der Waals surface area contributed by atoms with Crippen LogP contribution in [-0.2, 0) is 11.2 Å². The summed E-state index contributed by atoms with van der Waals surface area (Å²) in [5, 5.41) is 9.45. The molecule has 0 aliphatic carbocycles. The SMILES string of the molecule is CCCC(O)C(=O)CCc1ccccc1. The summed E-state index contributed by atoms with van der Waals surface area (Å²) in [6.07, 6.45) is 1.82. The fraction of sp³-hybridized carbons (Fsp3) is 0.462. The van der Waals surface area contributed by atoms with Crippen molar-refractivity contribution in [2.75, 3.05) is 0 Å². The van der Waals surface area contributed by atoms with Gasteiger partial charge >= 0.3 is 0 Å². The molecule has 0 radical (unpaired) electrons. The predicted molar refractivity (Wildman–Crippen MR) is 60.7 cm³/mol. The number of benzene rings is 1. The Morgan fingerprint density at radius 2 is 2.00 bits per heavy atom. The average Bonchev–Trinajstić information content (AvgIpc) is 2.27. The third kappa shape index (κ3) is 4.26. The number of hydrogen-bond donors (Lipinski definition) is 1. The van der Waals surface area contributed by atoms with Crippen molar-refractivity contribution >= 4 is 5.78 Å². The summed E-state index contributed by atoms with van der Waals surface area (Å²) in [7, 11) is 0. The second-order valence-corrected chi connectivity index (χ2v) is 3.76. The van der Waals surface area contributed by atoms with E-state index in [0.717, 1.165) is 18.4 Å². The second kappa shape index (κ2) is 6.36. The summed E-state index contributed by atoms with van der Waals surface area (Å²) in [6, 6.07) is 9.88. The molecule has 1 atom stereocenters. The molecule has 0 aliphatic rings. The summed E-state index contributed by atoms with van der Waals surface area (Å²) in [5.41, 5.74) is 1.15. The molecular weight excluding hydrogens is 188 g/mol. The van der Waals surface area contributed by atoms with Gasteiger partial charge in [-0.05, 0) is 18.4 Å². The van der Waals surface area contributed by atoms with E-state index >= 15 is 0 Å². The van der Waals surface area contributed by atoms with Gasteiger partial charge in [-0.1, -0.05) is 43.7 Å². The van der Waals surface area contributed by atoms with E-state index in [-0.39, 0.29) is 5.78 Å². The van der Waals surface area contributed by atoms with E-state index in [1.54, 1.807) is 0 Å². The molecule has 82 valence electrons. The van der Waals surface area contributed by atoms with Crippen molar-refractivity contribution in [2.24, 2.45) is 0 Å². The van der Waals surface area contributed by atoms with E-state index in [1.807, 2.05) is 37.3 Å². The van der Waals surface area contributed by atoms with Gasteiger partial charge in [0.1, 0.15) is 6.10 Å². The predicted octanol–water partition coefficient (Wildman–Crippen LogP) is 2.35. The number of ketones is 1. The zero-order valence-corrected chi connectivity index (χ0v) is 9.15. The molecule has 1 aromatic rings. The fourth-order valence-electron chi connectivity index (χ4n) is 1.51. The van der Waals surface area contributed by atoms with Crippen LogP contribution in [0.2, 0.25) is 0 Å². The van der Waals surface area contributed by atoms with Crippen LogP contribution in [0.4, 0.5) is 0 Å². The zero-order chi connectivity index (χ0) is 11.1. The molecule has 0 aromatic heterocycles. The van der Waals surface area contributed by atoms with Gasteiger partial charge in [0.05, 0.1) is 0 Å². The maximum absolute atomic E-state index is 11.5. The third-order valence-corrected chi connectivity index (χ3v) is 2.44. The minimum absolute atomic E-state index is 0.0410. The first-order chi connectivity index (χ1) is 7.24. The average molecular weight is 206 g/mol. The van der Waals surface area contributed by atoms with Crippen LogP contribution in [0.5, 0.6) is 0 Å². The van der Waals surface area contributed by atoms with Crippen LogP contribution in [0, 0.1) is 0 Å². The molecule has 0 saturated heterocycles. The first-order valence-electron chi connectivity index (χ1n) is 5.48. The van der Waals surface area contributed by atoms with E-state index in [9.17, 15) is 9.90 Å². The van der Waals surface area contributed by atoms with Crippen molar-refractivity contribution in [3.63, 3.8) is 0 Å². The van der Waals surface area contributed by atoms with Crippen LogP contribution in [0.3, 0.4) is 0 Å². The highest BCUT2D eigenvalue weighted by Gasteiger charge is 2.12. The normalized spacial score (nSPS) is 12.4. The van der Waals surface area contributed by atoms with Crippen LogP contribution < -0.4 is 0 Å². The minimum Gasteiger partial charge on any atom is -0.385 e. The first-order valence-corrected chi connectivity index (χ1v) is 5.48. The molecule has 0 fully saturated rings. The molecule has 1 rings (SSSR count). The van der Waals surface area contributed by atoms with Crippen LogP contribution in [0.25, 0.3) is 0 Å². The van der Waals surface area contributed by atoms with Crippen molar-refractivity contribution < 1.29 is 9.90 Å². The van der Waals surface area contributed by atoms with Crippen LogP contribution in [0.1, 0.15) is 31.7 Å². The number of hydrogen-bond acceptors (Lipinski definition) is 2. The lowest BCUT2D eigenvalue weighted by atomic mass is 10.0. The number of carbonyl (C=O) groups is 1. The fourth-order valence-corrected chi connectivity index (χ4v) is 1.51. The molecule has 2 nitrogen and oxygen atoms in total. The van der Waals surface area contributed by atoms with Crippen molar-refractivity contribution in [3.8, 4) is 0 Å². The number of aliphatic hydroxyl groups excluding tert-OH is 1. The molecule has 0 aliphatic heterocycles. The molecular formula is C13H18O2. The van der Waals surface area contributed by atoms with E-state index in [4.69, 9.17) is 0 Å². The third-order valence-electron chi connectivity index (χ3n) is 2.44. The van der Waals surface area contributed by atoms with Crippen molar-refractivity contribution in [1.82, 2.24) is 0 Å². The largest absolute Gasteiger partial charge is 0.385 e. The Kier molecular flexibility index (Phi) is 5.05. The molecule has 0 bridgehead atoms. The van der Waals surface area contributed by atoms with Crippen LogP contribution >= 0.6 is 0 Å². The van der Waals surface area contributed by atoms with Crippen LogP contribution in [-0.4, -0.2) is 17.0 Å². The number of rotatable bonds is 6. The molecule has 0 spiro atoms. The molecule has 0 amide bonds. The highest BCUT2D eigenvalue weighted by Crippen LogP contribution is 2.06. The summed E-state index contributed by atoms with van der Waals surface area (Å²) >= 11 is 0. The maximum atomic E-state index is 11.5. The van der Waals surface area contributed by atoms with Gasteiger partial charge in [0.2, 0.25) is 0 Å². The zero-order valence-electron chi connectivity index (χ0n) is 9.15. The molecule has 1 unspecified atom stereocenters. The number of carbonyl (C=O) groups excluding carboxylic acids is 1. The van der Waals surface area contributed by atoms with Gasteiger partial charge in [-0.15, -0.1) is 0 Å². The summed E-state index contributed by atoms with van der Waals surface area (Å²) in [5.74, 6) is -0.0410. The molecule has 0 heterocycles. The minimum atomic E-state index is -0.765. The molecule has 0 saturated carbocycles. The van der Waals surface area contributed by atoms with Crippen LogP contribution in [0.15, 0.2) is 30.3 Å². The van der Waals surface area contributed by atoms with E-state index in [0.29, 0.717) is 12.8 Å². The Morgan fingerprint density at radius 1 is 1.33 bits per heavy atom. The number of aliphatic hydroxyl groups is 1. The Morgan fingerprint density at radius 3 is 2.60 bits per heavy atom. The number of Topliss-reactive ketones (excluding diaryl/α,β-unsaturated/α-hetero) is 1. The van der Waals surface area contributed by atoms with Gasteiger partial charge in [-0.2, -0.15) is 0 Å². The lowest BCUT2D eigenvalue weighted by Crippen LogP contribution is -2.20. The molecule has 2 heteroatoms. The second-order valence-electron chi connectivity index (χ2n) is 3.76. The smallest absolute Gasteiger partial charge is 0.161 e. The maximum Gasteiger partial charge on any atom is 0.161 e. The Hall–Kier alpha value is -1.15. The summed E-state index contributed by atoms with van der Waals surface area (Å²) in [4.78, 5) is 11.5. The Balaban J connectivity index is 2.34. The van der Waals surface area contributed by atoms with Gasteiger partial charge < -0.3 is 5.11 Å². The van der Waals surface area contributed by atoms with Gasteiger partial charge in [0, 0.05) is 6.42 Å². The Labute approximate surface area is 90.9 Å². The number of aryl methyl sites for hydroxylation is 1. The van der Waals surface area contributed by atoms with Gasteiger partial charge in [-0.3, -0.25) is 4.79 Å². The van der Waals surface area contributed by atoms with Crippen molar-refractivity contribution in [1.29, 1.82) is 0 Å². The molecule has 1 N–H and O–H groups in total. The molecule has 1 aromatic carbocycles. The van der Waals surface area contributed by atoms with Crippen molar-refractivity contribution in [3.05, 3.63) is 35.9 Å². The monoisotopic (exact) mass is 206 g/mol. The van der Waals surface area contributed by atoms with Crippen molar-refractivity contribution in [2.45, 2.75) is 38.7 Å². The van der Waals surface area contributed by atoms with Gasteiger partial charge in [-0.25, -0.2) is 0 Å². The highest BCUT2D eigenvalue weighted by molar-refractivity contribution is 5.82. The lowest BCUT2D eigenvalue weighted by molar-refractivity contribution is -0.127. The topological polar surface area (TPSA) is 37.3 Å². The van der Waals surface area contributed by atoms with E-state index < -0.39 is 6.10 Å². The molecule has 15 heavy (non-hydrogen) atoms. The lowest BCUT2D eigenvalue weighted by Gasteiger charge is -2.07. The Bertz CT molecular complexity index is 293.